The Morgan fingerprint density at radius 2 is 2.22 bits per heavy atom. The molecule has 0 radical (unpaired) electrons. The van der Waals surface area contributed by atoms with E-state index in [-0.39, 0.29) is 16.6 Å². The third-order valence-corrected chi connectivity index (χ3v) is 4.67. The van der Waals surface area contributed by atoms with E-state index < -0.39 is 10.0 Å². The van der Waals surface area contributed by atoms with Crippen molar-refractivity contribution >= 4 is 33.0 Å². The summed E-state index contributed by atoms with van der Waals surface area (Å²) in [5.41, 5.74) is 0.877. The van der Waals surface area contributed by atoms with E-state index >= 15 is 0 Å². The van der Waals surface area contributed by atoms with Gasteiger partial charge in [-0.1, -0.05) is 11.6 Å². The Bertz CT molecular complexity index is 637. The summed E-state index contributed by atoms with van der Waals surface area (Å²) in [5, 5.41) is 2.84. The topological polar surface area (TPSA) is 72.0 Å². The van der Waals surface area contributed by atoms with Crippen molar-refractivity contribution in [3.05, 3.63) is 39.6 Å². The number of halogens is 1. The number of nitrogens with zero attached hydrogens (tertiary/aromatic N) is 2. The summed E-state index contributed by atoms with van der Waals surface area (Å²) < 4.78 is 26.3. The van der Waals surface area contributed by atoms with Crippen molar-refractivity contribution in [2.45, 2.75) is 18.4 Å². The number of aryl methyl sites for hydroxylation is 1. The summed E-state index contributed by atoms with van der Waals surface area (Å²) >= 11 is 7.02. The van der Waals surface area contributed by atoms with Crippen LogP contribution in [0.15, 0.2) is 28.6 Å². The van der Waals surface area contributed by atoms with E-state index in [2.05, 4.69) is 14.7 Å². The first kappa shape index (κ1) is 13.4. The molecule has 0 aliphatic heterocycles. The number of hydrogen-bond donors (Lipinski definition) is 1. The SMILES string of the molecule is Cc1csc(CNS(=O)(=O)c2ccc(Cl)nc2)n1. The quantitative estimate of drug-likeness (QED) is 0.877. The van der Waals surface area contributed by atoms with Gasteiger partial charge in [0.25, 0.3) is 0 Å². The molecule has 0 saturated heterocycles. The summed E-state index contributed by atoms with van der Waals surface area (Å²) in [4.78, 5) is 8.00. The molecule has 0 spiro atoms. The number of aromatic nitrogens is 2. The summed E-state index contributed by atoms with van der Waals surface area (Å²) in [6.45, 7) is 2.03. The average molecular weight is 304 g/mol. The van der Waals surface area contributed by atoms with Crippen LogP contribution in [0.1, 0.15) is 10.7 Å². The Labute approximate surface area is 114 Å². The first-order valence-corrected chi connectivity index (χ1v) is 7.74. The minimum Gasteiger partial charge on any atom is -0.245 e. The molecule has 96 valence electrons. The molecule has 8 heteroatoms. The van der Waals surface area contributed by atoms with Crippen LogP contribution in [0.2, 0.25) is 5.15 Å². The van der Waals surface area contributed by atoms with Gasteiger partial charge in [-0.3, -0.25) is 0 Å². The van der Waals surface area contributed by atoms with E-state index in [4.69, 9.17) is 11.6 Å². The normalized spacial score (nSPS) is 11.7. The molecule has 5 nitrogen and oxygen atoms in total. The monoisotopic (exact) mass is 303 g/mol. The first-order chi connectivity index (χ1) is 8.47. The number of rotatable bonds is 4. The molecule has 2 heterocycles. The van der Waals surface area contributed by atoms with Crippen LogP contribution < -0.4 is 4.72 Å². The van der Waals surface area contributed by atoms with Gasteiger partial charge in [-0.25, -0.2) is 23.1 Å². The van der Waals surface area contributed by atoms with Gasteiger partial charge in [0.05, 0.1) is 6.54 Å². The van der Waals surface area contributed by atoms with Crippen molar-refractivity contribution in [1.29, 1.82) is 0 Å². The lowest BCUT2D eigenvalue weighted by Crippen LogP contribution is -2.23. The molecule has 0 atom stereocenters. The molecule has 2 aromatic rings. The lowest BCUT2D eigenvalue weighted by atomic mass is 10.5. The van der Waals surface area contributed by atoms with Crippen LogP contribution in [0.25, 0.3) is 0 Å². The maximum atomic E-state index is 11.9. The van der Waals surface area contributed by atoms with Crippen LogP contribution in [0, 0.1) is 6.92 Å². The van der Waals surface area contributed by atoms with E-state index in [1.54, 1.807) is 0 Å². The second kappa shape index (κ2) is 5.31. The Morgan fingerprint density at radius 1 is 1.44 bits per heavy atom. The van der Waals surface area contributed by atoms with Crippen LogP contribution in [0.3, 0.4) is 0 Å². The average Bonchev–Trinajstić information content (AvgIpc) is 2.73. The number of thiazole rings is 1. The van der Waals surface area contributed by atoms with Gasteiger partial charge >= 0.3 is 0 Å². The van der Waals surface area contributed by atoms with E-state index in [0.717, 1.165) is 10.7 Å². The second-order valence-corrected chi connectivity index (χ2v) is 6.62. The maximum absolute atomic E-state index is 11.9. The third kappa shape index (κ3) is 3.26. The van der Waals surface area contributed by atoms with Crippen molar-refractivity contribution in [3.8, 4) is 0 Å². The Morgan fingerprint density at radius 3 is 2.78 bits per heavy atom. The predicted octanol–water partition coefficient (Wildman–Crippen LogP) is 1.98. The molecule has 18 heavy (non-hydrogen) atoms. The smallest absolute Gasteiger partial charge is 0.242 e. The summed E-state index contributed by atoms with van der Waals surface area (Å²) in [5.74, 6) is 0. The Hall–Kier alpha value is -1.02. The van der Waals surface area contributed by atoms with Gasteiger partial charge in [-0.15, -0.1) is 11.3 Å². The van der Waals surface area contributed by atoms with Gasteiger partial charge in [0.15, 0.2) is 0 Å². The molecule has 0 aromatic carbocycles. The van der Waals surface area contributed by atoms with Crippen LogP contribution >= 0.6 is 22.9 Å². The second-order valence-electron chi connectivity index (χ2n) is 3.52. The molecule has 2 aromatic heterocycles. The largest absolute Gasteiger partial charge is 0.245 e. The highest BCUT2D eigenvalue weighted by Crippen LogP contribution is 2.13. The molecule has 0 bridgehead atoms. The molecule has 0 saturated carbocycles. The van der Waals surface area contributed by atoms with E-state index in [1.165, 1.54) is 29.7 Å². The highest BCUT2D eigenvalue weighted by Gasteiger charge is 2.14. The van der Waals surface area contributed by atoms with Gasteiger partial charge in [-0.05, 0) is 19.1 Å². The minimum atomic E-state index is -3.57. The lowest BCUT2D eigenvalue weighted by molar-refractivity contribution is 0.580. The fourth-order valence-electron chi connectivity index (χ4n) is 1.25. The van der Waals surface area contributed by atoms with Crippen LogP contribution in [0.4, 0.5) is 0 Å². The van der Waals surface area contributed by atoms with Crippen LogP contribution in [0.5, 0.6) is 0 Å². The van der Waals surface area contributed by atoms with E-state index in [9.17, 15) is 8.42 Å². The molecule has 0 fully saturated rings. The van der Waals surface area contributed by atoms with Crippen LogP contribution in [-0.2, 0) is 16.6 Å². The summed E-state index contributed by atoms with van der Waals surface area (Å²) in [7, 11) is -3.57. The summed E-state index contributed by atoms with van der Waals surface area (Å²) in [6.07, 6.45) is 1.22. The van der Waals surface area contributed by atoms with Gasteiger partial charge in [0.1, 0.15) is 15.1 Å². The highest BCUT2D eigenvalue weighted by atomic mass is 35.5. The molecule has 0 aliphatic rings. The summed E-state index contributed by atoms with van der Waals surface area (Å²) in [6, 6.07) is 2.84. The van der Waals surface area contributed by atoms with E-state index in [0.29, 0.717) is 0 Å². The standard InChI is InChI=1S/C10H10ClN3O2S2/c1-7-6-17-10(14-7)5-13-18(15,16)8-2-3-9(11)12-4-8/h2-4,6,13H,5H2,1H3. The number of nitrogens with one attached hydrogen (secondary N) is 1. The molecule has 0 aliphatic carbocycles. The lowest BCUT2D eigenvalue weighted by Gasteiger charge is -2.04. The fourth-order valence-corrected chi connectivity index (χ4v) is 3.09. The molecule has 0 unspecified atom stereocenters. The van der Waals surface area contributed by atoms with Gasteiger partial charge in [0, 0.05) is 17.3 Å². The van der Waals surface area contributed by atoms with Crippen LogP contribution in [-0.4, -0.2) is 18.4 Å². The zero-order valence-electron chi connectivity index (χ0n) is 9.42. The Balaban J connectivity index is 2.10. The van der Waals surface area contributed by atoms with Gasteiger partial charge in [-0.2, -0.15) is 0 Å². The van der Waals surface area contributed by atoms with E-state index in [1.807, 2.05) is 12.3 Å². The predicted molar refractivity (Wildman–Crippen MR) is 70.1 cm³/mol. The molecular formula is C10H10ClN3O2S2. The number of sulfonamides is 1. The van der Waals surface area contributed by atoms with Crippen molar-refractivity contribution < 1.29 is 8.42 Å². The molecule has 1 N–H and O–H groups in total. The van der Waals surface area contributed by atoms with Crippen molar-refractivity contribution in [2.24, 2.45) is 0 Å². The zero-order chi connectivity index (χ0) is 13.2. The molecular weight excluding hydrogens is 294 g/mol. The zero-order valence-corrected chi connectivity index (χ0v) is 11.8. The van der Waals surface area contributed by atoms with Gasteiger partial charge < -0.3 is 0 Å². The molecule has 2 rings (SSSR count). The molecule has 0 amide bonds. The van der Waals surface area contributed by atoms with Crippen molar-refractivity contribution in [1.82, 2.24) is 14.7 Å². The maximum Gasteiger partial charge on any atom is 0.242 e. The first-order valence-electron chi connectivity index (χ1n) is 4.99. The number of hydrogen-bond acceptors (Lipinski definition) is 5. The van der Waals surface area contributed by atoms with Gasteiger partial charge in [0.2, 0.25) is 10.0 Å². The third-order valence-electron chi connectivity index (χ3n) is 2.09. The number of pyridine rings is 1. The van der Waals surface area contributed by atoms with Crippen molar-refractivity contribution in [3.63, 3.8) is 0 Å². The fraction of sp³-hybridized carbons (Fsp3) is 0.200. The minimum absolute atomic E-state index is 0.0835. The Kier molecular flexibility index (Phi) is 3.96. The highest BCUT2D eigenvalue weighted by molar-refractivity contribution is 7.89. The van der Waals surface area contributed by atoms with Crippen molar-refractivity contribution in [2.75, 3.05) is 0 Å².